The summed E-state index contributed by atoms with van der Waals surface area (Å²) in [6.07, 6.45) is -0.981. The molecule has 3 aromatic rings. The minimum Gasteiger partial charge on any atom is -0.449 e. The first kappa shape index (κ1) is 18.5. The van der Waals surface area contributed by atoms with Gasteiger partial charge in [-0.15, -0.1) is 0 Å². The topological polar surface area (TPSA) is 89.1 Å². The lowest BCUT2D eigenvalue weighted by Gasteiger charge is -2.15. The first-order chi connectivity index (χ1) is 12.8. The molecule has 27 heavy (non-hydrogen) atoms. The molecule has 138 valence electrons. The molecule has 1 N–H and O–H groups in total. The molecule has 0 aliphatic rings. The molecule has 1 aromatic heterocycles. The maximum absolute atomic E-state index is 12.8. The van der Waals surface area contributed by atoms with E-state index >= 15 is 0 Å². The zero-order valence-corrected chi connectivity index (χ0v) is 15.6. The van der Waals surface area contributed by atoms with Crippen molar-refractivity contribution in [2.75, 3.05) is 0 Å². The monoisotopic (exact) mass is 364 g/mol. The van der Waals surface area contributed by atoms with E-state index in [1.54, 1.807) is 24.3 Å². The Hall–Kier alpha value is -3.28. The van der Waals surface area contributed by atoms with Crippen molar-refractivity contribution in [2.24, 2.45) is 0 Å². The number of ether oxygens (including phenoxy) is 1. The van der Waals surface area contributed by atoms with Gasteiger partial charge in [0.05, 0.1) is 5.39 Å². The number of aromatic nitrogens is 2. The number of Topliss-reactive ketones (excluding diaryl/α,β-unsaturated/α-hetero) is 1. The molecule has 6 heteroatoms. The van der Waals surface area contributed by atoms with Crippen LogP contribution in [0.3, 0.4) is 0 Å². The fraction of sp³-hybridized carbons (Fsp3) is 0.238. The van der Waals surface area contributed by atoms with Crippen molar-refractivity contribution in [1.82, 2.24) is 10.2 Å². The Bertz CT molecular complexity index is 1110. The summed E-state index contributed by atoms with van der Waals surface area (Å²) in [5.74, 6) is -1.04. The molecule has 2 aromatic carbocycles. The molecule has 0 fully saturated rings. The Morgan fingerprint density at radius 3 is 2.33 bits per heavy atom. The number of carbonyl (C=O) groups excluding carboxylic acids is 2. The summed E-state index contributed by atoms with van der Waals surface area (Å²) < 4.78 is 5.35. The molecule has 0 radical (unpaired) electrons. The van der Waals surface area contributed by atoms with E-state index in [-0.39, 0.29) is 11.5 Å². The number of benzene rings is 2. The lowest BCUT2D eigenvalue weighted by Crippen LogP contribution is -2.26. The van der Waals surface area contributed by atoms with Gasteiger partial charge in [-0.2, -0.15) is 5.10 Å². The number of hydrogen-bond donors (Lipinski definition) is 1. The average Bonchev–Trinajstić information content (AvgIpc) is 2.64. The van der Waals surface area contributed by atoms with E-state index in [1.807, 2.05) is 32.9 Å². The predicted octanol–water partition coefficient (Wildman–Crippen LogP) is 3.28. The standard InChI is InChI=1S/C21H20N2O4/c1-11-9-13(3)17(10-12(11)2)19(24)14(4)27-21(26)18-15-7-5-6-8-16(15)20(25)23-22-18/h5-10,14H,1-4H3,(H,23,25)/t14-/m0/s1. The third-order valence-corrected chi connectivity index (χ3v) is 4.65. The first-order valence-electron chi connectivity index (χ1n) is 8.60. The summed E-state index contributed by atoms with van der Waals surface area (Å²) in [4.78, 5) is 37.2. The molecule has 0 amide bonds. The lowest BCUT2D eigenvalue weighted by molar-refractivity contribution is 0.0314. The van der Waals surface area contributed by atoms with Crippen LogP contribution in [0.1, 0.15) is 44.5 Å². The maximum atomic E-state index is 12.8. The normalized spacial score (nSPS) is 12.0. The fourth-order valence-electron chi connectivity index (χ4n) is 2.99. The minimum absolute atomic E-state index is 0.0262. The summed E-state index contributed by atoms with van der Waals surface area (Å²) in [7, 11) is 0. The summed E-state index contributed by atoms with van der Waals surface area (Å²) in [5.41, 5.74) is 3.03. The number of ketones is 1. The minimum atomic E-state index is -0.981. The van der Waals surface area contributed by atoms with Gasteiger partial charge in [0, 0.05) is 10.9 Å². The molecule has 3 rings (SSSR count). The molecular formula is C21H20N2O4. The average molecular weight is 364 g/mol. The quantitative estimate of drug-likeness (QED) is 0.567. The highest BCUT2D eigenvalue weighted by Gasteiger charge is 2.24. The van der Waals surface area contributed by atoms with E-state index in [0.29, 0.717) is 16.3 Å². The van der Waals surface area contributed by atoms with Crippen LogP contribution < -0.4 is 5.56 Å². The van der Waals surface area contributed by atoms with Gasteiger partial charge in [0.25, 0.3) is 5.56 Å². The number of carbonyl (C=O) groups is 2. The number of fused-ring (bicyclic) bond motifs is 1. The van der Waals surface area contributed by atoms with Gasteiger partial charge in [0.2, 0.25) is 5.78 Å². The smallest absolute Gasteiger partial charge is 0.360 e. The van der Waals surface area contributed by atoms with E-state index in [9.17, 15) is 14.4 Å². The van der Waals surface area contributed by atoms with Crippen LogP contribution >= 0.6 is 0 Å². The van der Waals surface area contributed by atoms with Crippen LogP contribution in [0.25, 0.3) is 10.8 Å². The van der Waals surface area contributed by atoms with E-state index < -0.39 is 17.6 Å². The molecule has 1 atom stereocenters. The number of aromatic amines is 1. The van der Waals surface area contributed by atoms with Gasteiger partial charge >= 0.3 is 5.97 Å². The number of hydrogen-bond acceptors (Lipinski definition) is 5. The molecule has 0 aliphatic heterocycles. The molecule has 0 spiro atoms. The highest BCUT2D eigenvalue weighted by Crippen LogP contribution is 2.19. The van der Waals surface area contributed by atoms with Crippen molar-refractivity contribution in [1.29, 1.82) is 0 Å². The molecule has 0 saturated heterocycles. The van der Waals surface area contributed by atoms with Crippen molar-refractivity contribution in [3.63, 3.8) is 0 Å². The lowest BCUT2D eigenvalue weighted by atomic mass is 9.96. The molecule has 0 unspecified atom stereocenters. The van der Waals surface area contributed by atoms with Crippen molar-refractivity contribution in [3.8, 4) is 0 Å². The molecule has 6 nitrogen and oxygen atoms in total. The van der Waals surface area contributed by atoms with Crippen molar-refractivity contribution >= 4 is 22.5 Å². The molecule has 1 heterocycles. The van der Waals surface area contributed by atoms with Crippen molar-refractivity contribution < 1.29 is 14.3 Å². The molecule has 0 saturated carbocycles. The Morgan fingerprint density at radius 2 is 1.63 bits per heavy atom. The number of aryl methyl sites for hydroxylation is 3. The summed E-state index contributed by atoms with van der Waals surface area (Å²) in [6.45, 7) is 7.29. The van der Waals surface area contributed by atoms with Crippen LogP contribution in [0.5, 0.6) is 0 Å². The Kier molecular flexibility index (Phi) is 4.90. The van der Waals surface area contributed by atoms with Crippen molar-refractivity contribution in [2.45, 2.75) is 33.8 Å². The van der Waals surface area contributed by atoms with E-state index in [2.05, 4.69) is 10.2 Å². The SMILES string of the molecule is Cc1cc(C)c(C(=O)[C@H](C)OC(=O)c2n[nH]c(=O)c3ccccc23)cc1C. The van der Waals surface area contributed by atoms with Crippen LogP contribution in [0.4, 0.5) is 0 Å². The number of esters is 1. The molecule has 0 bridgehead atoms. The summed E-state index contributed by atoms with van der Waals surface area (Å²) >= 11 is 0. The third-order valence-electron chi connectivity index (χ3n) is 4.65. The zero-order valence-electron chi connectivity index (χ0n) is 15.6. The van der Waals surface area contributed by atoms with E-state index in [0.717, 1.165) is 16.7 Å². The van der Waals surface area contributed by atoms with Crippen LogP contribution in [0, 0.1) is 20.8 Å². The maximum Gasteiger partial charge on any atom is 0.360 e. The highest BCUT2D eigenvalue weighted by atomic mass is 16.5. The van der Waals surface area contributed by atoms with Crippen molar-refractivity contribution in [3.05, 3.63) is 74.7 Å². The second kappa shape index (κ2) is 7.15. The molecular weight excluding hydrogens is 344 g/mol. The Balaban J connectivity index is 1.89. The second-order valence-corrected chi connectivity index (χ2v) is 6.61. The largest absolute Gasteiger partial charge is 0.449 e. The first-order valence-corrected chi connectivity index (χ1v) is 8.60. The van der Waals surface area contributed by atoms with Crippen LogP contribution in [0.2, 0.25) is 0 Å². The zero-order chi connectivity index (χ0) is 19.7. The van der Waals surface area contributed by atoms with Gasteiger partial charge in [0.1, 0.15) is 0 Å². The summed E-state index contributed by atoms with van der Waals surface area (Å²) in [5, 5.41) is 6.82. The van der Waals surface area contributed by atoms with Gasteiger partial charge in [-0.05, 0) is 56.5 Å². The third kappa shape index (κ3) is 3.51. The van der Waals surface area contributed by atoms with Gasteiger partial charge < -0.3 is 4.74 Å². The molecule has 0 aliphatic carbocycles. The van der Waals surface area contributed by atoms with Crippen LogP contribution in [-0.2, 0) is 4.74 Å². The van der Waals surface area contributed by atoms with E-state index in [4.69, 9.17) is 4.74 Å². The van der Waals surface area contributed by atoms with Crippen LogP contribution in [-0.4, -0.2) is 28.1 Å². The predicted molar refractivity (Wildman–Crippen MR) is 102 cm³/mol. The highest BCUT2D eigenvalue weighted by molar-refractivity contribution is 6.05. The van der Waals surface area contributed by atoms with Gasteiger partial charge in [-0.1, -0.05) is 24.3 Å². The van der Waals surface area contributed by atoms with Gasteiger partial charge in [-0.25, -0.2) is 9.89 Å². The van der Waals surface area contributed by atoms with E-state index in [1.165, 1.54) is 6.92 Å². The number of nitrogens with one attached hydrogen (secondary N) is 1. The number of H-pyrrole nitrogens is 1. The van der Waals surface area contributed by atoms with Crippen LogP contribution in [0.15, 0.2) is 41.2 Å². The Morgan fingerprint density at radius 1 is 1.00 bits per heavy atom. The second-order valence-electron chi connectivity index (χ2n) is 6.61. The van der Waals surface area contributed by atoms with Gasteiger partial charge in [0.15, 0.2) is 11.8 Å². The summed E-state index contributed by atoms with van der Waals surface area (Å²) in [6, 6.07) is 10.4. The van der Waals surface area contributed by atoms with Gasteiger partial charge in [-0.3, -0.25) is 9.59 Å². The fourth-order valence-corrected chi connectivity index (χ4v) is 2.99. The Labute approximate surface area is 156 Å². The number of rotatable bonds is 4. The number of nitrogens with zero attached hydrogens (tertiary/aromatic N) is 1.